The van der Waals surface area contributed by atoms with E-state index in [1.807, 2.05) is 30.3 Å². The van der Waals surface area contributed by atoms with E-state index in [-0.39, 0.29) is 18.4 Å². The molecule has 1 aromatic carbocycles. The van der Waals surface area contributed by atoms with Gasteiger partial charge in [-0.3, -0.25) is 14.7 Å². The second-order valence-corrected chi connectivity index (χ2v) is 8.02. The minimum Gasteiger partial charge on any atom is -0.394 e. The van der Waals surface area contributed by atoms with Crippen LogP contribution in [-0.2, 0) is 13.0 Å². The molecule has 3 heterocycles. The zero-order valence-corrected chi connectivity index (χ0v) is 16.2. The molecule has 1 aliphatic carbocycles. The second-order valence-electron chi connectivity index (χ2n) is 8.02. The van der Waals surface area contributed by atoms with Crippen LogP contribution in [0.1, 0.15) is 45.1 Å². The molecule has 2 aromatic heterocycles. The first-order valence-corrected chi connectivity index (χ1v) is 9.84. The Balaban J connectivity index is 1.40. The lowest BCUT2D eigenvalue weighted by atomic mass is 10.0. The molecule has 0 unspecified atom stereocenters. The van der Waals surface area contributed by atoms with E-state index in [9.17, 15) is 14.7 Å². The molecule has 1 saturated carbocycles. The van der Waals surface area contributed by atoms with Crippen molar-refractivity contribution in [3.63, 3.8) is 0 Å². The maximum Gasteiger partial charge on any atom is 0.274 e. The molecule has 3 N–H and O–H groups in total. The number of benzene rings is 1. The summed E-state index contributed by atoms with van der Waals surface area (Å²) in [5.74, 6) is -0.303. The van der Waals surface area contributed by atoms with Crippen LogP contribution in [-0.4, -0.2) is 67.6 Å². The molecule has 2 amide bonds. The van der Waals surface area contributed by atoms with Crippen molar-refractivity contribution in [1.29, 1.82) is 0 Å². The Kier molecular flexibility index (Phi) is 3.99. The number of H-pyrrole nitrogens is 2. The van der Waals surface area contributed by atoms with Gasteiger partial charge in [-0.25, -0.2) is 0 Å². The minimum absolute atomic E-state index is 0.0488. The van der Waals surface area contributed by atoms with Gasteiger partial charge >= 0.3 is 0 Å². The summed E-state index contributed by atoms with van der Waals surface area (Å²) >= 11 is 0. The van der Waals surface area contributed by atoms with Gasteiger partial charge in [0.25, 0.3) is 11.8 Å². The Morgan fingerprint density at radius 2 is 2.10 bits per heavy atom. The average molecular weight is 393 g/mol. The Hall–Kier alpha value is -3.13. The summed E-state index contributed by atoms with van der Waals surface area (Å²) in [6.45, 7) is 0.849. The van der Waals surface area contributed by atoms with Gasteiger partial charge in [-0.15, -0.1) is 0 Å². The van der Waals surface area contributed by atoms with E-state index in [4.69, 9.17) is 0 Å². The molecule has 1 aliphatic heterocycles. The van der Waals surface area contributed by atoms with Crippen molar-refractivity contribution in [2.75, 3.05) is 20.2 Å². The molecule has 0 radical (unpaired) electrons. The molecule has 0 bridgehead atoms. The molecule has 1 fully saturated rings. The maximum absolute atomic E-state index is 13.1. The number of hydrogen-bond donors (Lipinski definition) is 3. The van der Waals surface area contributed by atoms with Crippen molar-refractivity contribution in [2.45, 2.75) is 31.3 Å². The standard InChI is InChI=1S/C21H23N5O3/c1-25(21(12-27)7-8-21)20(29)18-14-11-26(9-6-16(14)23-24-18)19(28)17-10-13-4-2-3-5-15(13)22-17/h2-5,10,22,27H,6-9,11-12H2,1H3,(H,23,24). The summed E-state index contributed by atoms with van der Waals surface area (Å²) in [6.07, 6.45) is 2.21. The largest absolute Gasteiger partial charge is 0.394 e. The Morgan fingerprint density at radius 1 is 1.31 bits per heavy atom. The highest BCUT2D eigenvalue weighted by Gasteiger charge is 2.49. The van der Waals surface area contributed by atoms with Gasteiger partial charge in [0, 0.05) is 42.2 Å². The summed E-state index contributed by atoms with van der Waals surface area (Å²) in [5.41, 5.74) is 3.02. The number of fused-ring (bicyclic) bond motifs is 2. The number of aromatic nitrogens is 3. The van der Waals surface area contributed by atoms with Gasteiger partial charge in [0.1, 0.15) is 5.69 Å². The lowest BCUT2D eigenvalue weighted by molar-refractivity contribution is 0.0607. The van der Waals surface area contributed by atoms with Crippen LogP contribution in [0.4, 0.5) is 0 Å². The molecule has 8 nitrogen and oxygen atoms in total. The monoisotopic (exact) mass is 393 g/mol. The van der Waals surface area contributed by atoms with Crippen LogP contribution >= 0.6 is 0 Å². The number of carbonyl (C=O) groups is 2. The van der Waals surface area contributed by atoms with E-state index in [0.717, 1.165) is 35.0 Å². The number of nitrogens with zero attached hydrogens (tertiary/aromatic N) is 3. The van der Waals surface area contributed by atoms with Gasteiger partial charge in [-0.05, 0) is 25.0 Å². The fraction of sp³-hybridized carbons (Fsp3) is 0.381. The van der Waals surface area contributed by atoms with Gasteiger partial charge in [0.2, 0.25) is 0 Å². The van der Waals surface area contributed by atoms with Gasteiger partial charge < -0.3 is 19.9 Å². The number of aromatic amines is 2. The van der Waals surface area contributed by atoms with E-state index in [0.29, 0.717) is 30.9 Å². The number of hydrogen-bond acceptors (Lipinski definition) is 4. The average Bonchev–Trinajstić information content (AvgIpc) is 3.25. The molecule has 0 atom stereocenters. The zero-order chi connectivity index (χ0) is 20.2. The summed E-state index contributed by atoms with van der Waals surface area (Å²) in [5, 5.41) is 17.8. The van der Waals surface area contributed by atoms with Crippen molar-refractivity contribution < 1.29 is 14.7 Å². The van der Waals surface area contributed by atoms with Crippen LogP contribution in [0.3, 0.4) is 0 Å². The number of rotatable bonds is 4. The molecular formula is C21H23N5O3. The van der Waals surface area contributed by atoms with Crippen molar-refractivity contribution in [3.05, 3.63) is 53.0 Å². The van der Waals surface area contributed by atoms with E-state index < -0.39 is 5.54 Å². The molecule has 29 heavy (non-hydrogen) atoms. The highest BCUT2D eigenvalue weighted by molar-refractivity contribution is 5.99. The third kappa shape index (κ3) is 2.82. The molecule has 8 heteroatoms. The number of nitrogens with one attached hydrogen (secondary N) is 2. The Labute approximate surface area is 167 Å². The normalized spacial score (nSPS) is 17.2. The molecule has 0 spiro atoms. The minimum atomic E-state index is -0.461. The van der Waals surface area contributed by atoms with Crippen LogP contribution < -0.4 is 0 Å². The van der Waals surface area contributed by atoms with Gasteiger partial charge in [0.15, 0.2) is 5.69 Å². The fourth-order valence-corrected chi connectivity index (χ4v) is 4.12. The SMILES string of the molecule is CN(C(=O)c1n[nH]c2c1CN(C(=O)c1cc3ccccc3[nH]1)CC2)C1(CO)CC1. The zero-order valence-electron chi connectivity index (χ0n) is 16.2. The third-order valence-corrected chi connectivity index (χ3v) is 6.32. The first kappa shape index (κ1) is 17.9. The summed E-state index contributed by atoms with van der Waals surface area (Å²) in [6, 6.07) is 9.64. The van der Waals surface area contributed by atoms with Crippen molar-refractivity contribution >= 4 is 22.7 Å². The van der Waals surface area contributed by atoms with Crippen molar-refractivity contribution in [3.8, 4) is 0 Å². The second kappa shape index (κ2) is 6.45. The molecule has 2 aliphatic rings. The molecule has 0 saturated heterocycles. The van der Waals surface area contributed by atoms with Crippen LogP contribution in [0.15, 0.2) is 30.3 Å². The molecule has 5 rings (SSSR count). The maximum atomic E-state index is 13.1. The fourth-order valence-electron chi connectivity index (χ4n) is 4.12. The predicted octanol–water partition coefficient (Wildman–Crippen LogP) is 1.69. The van der Waals surface area contributed by atoms with Gasteiger partial charge in [-0.1, -0.05) is 18.2 Å². The molecule has 150 valence electrons. The van der Waals surface area contributed by atoms with E-state index >= 15 is 0 Å². The van der Waals surface area contributed by atoms with Crippen LogP contribution in [0, 0.1) is 0 Å². The predicted molar refractivity (Wildman–Crippen MR) is 106 cm³/mol. The van der Waals surface area contributed by atoms with Gasteiger partial charge in [0.05, 0.1) is 18.7 Å². The van der Waals surface area contributed by atoms with E-state index in [1.54, 1.807) is 16.8 Å². The number of aliphatic hydroxyl groups excluding tert-OH is 1. The lowest BCUT2D eigenvalue weighted by Crippen LogP contribution is -2.42. The smallest absolute Gasteiger partial charge is 0.274 e. The Bertz CT molecular complexity index is 1080. The van der Waals surface area contributed by atoms with Gasteiger partial charge in [-0.2, -0.15) is 5.10 Å². The van der Waals surface area contributed by atoms with Crippen LogP contribution in [0.5, 0.6) is 0 Å². The third-order valence-electron chi connectivity index (χ3n) is 6.32. The number of carbonyl (C=O) groups excluding carboxylic acids is 2. The molecular weight excluding hydrogens is 370 g/mol. The molecule has 3 aromatic rings. The highest BCUT2D eigenvalue weighted by atomic mass is 16.3. The summed E-state index contributed by atoms with van der Waals surface area (Å²) in [4.78, 5) is 32.6. The van der Waals surface area contributed by atoms with Crippen molar-refractivity contribution in [1.82, 2.24) is 25.0 Å². The van der Waals surface area contributed by atoms with E-state index in [2.05, 4.69) is 15.2 Å². The lowest BCUT2D eigenvalue weighted by Gasteiger charge is -2.29. The topological polar surface area (TPSA) is 105 Å². The highest BCUT2D eigenvalue weighted by Crippen LogP contribution is 2.41. The van der Waals surface area contributed by atoms with Crippen LogP contribution in [0.2, 0.25) is 0 Å². The quantitative estimate of drug-likeness (QED) is 0.627. The first-order chi connectivity index (χ1) is 14.0. The Morgan fingerprint density at radius 3 is 2.83 bits per heavy atom. The number of para-hydroxylation sites is 1. The van der Waals surface area contributed by atoms with Crippen molar-refractivity contribution in [2.24, 2.45) is 0 Å². The van der Waals surface area contributed by atoms with Crippen LogP contribution in [0.25, 0.3) is 10.9 Å². The number of amides is 2. The number of aliphatic hydroxyl groups is 1. The summed E-state index contributed by atoms with van der Waals surface area (Å²) < 4.78 is 0. The van der Waals surface area contributed by atoms with E-state index in [1.165, 1.54) is 0 Å². The summed E-state index contributed by atoms with van der Waals surface area (Å²) in [7, 11) is 1.71. The number of likely N-dealkylation sites (N-methyl/N-ethyl adjacent to an activating group) is 1. The first-order valence-electron chi connectivity index (χ1n) is 9.84.